The van der Waals surface area contributed by atoms with Crippen LogP contribution >= 0.6 is 0 Å². The van der Waals surface area contributed by atoms with Crippen LogP contribution < -0.4 is 0 Å². The Hall–Kier alpha value is -2.07. The van der Waals surface area contributed by atoms with Crippen LogP contribution in [0.25, 0.3) is 0 Å². The minimum Gasteiger partial charge on any atom is -0.192 e. The molecule has 1 heteroatoms. The van der Waals surface area contributed by atoms with E-state index in [-0.39, 0.29) is 0 Å². The maximum atomic E-state index is 8.90. The molecule has 0 aliphatic rings. The smallest absolute Gasteiger partial charge is 0.0994 e. The van der Waals surface area contributed by atoms with Crippen molar-refractivity contribution < 1.29 is 0 Å². The largest absolute Gasteiger partial charge is 0.192 e. The van der Waals surface area contributed by atoms with Crippen LogP contribution in [-0.2, 0) is 12.8 Å². The van der Waals surface area contributed by atoms with E-state index >= 15 is 0 Å². The quantitative estimate of drug-likeness (QED) is 0.719. The van der Waals surface area contributed by atoms with E-state index in [0.29, 0.717) is 0 Å². The highest BCUT2D eigenvalue weighted by molar-refractivity contribution is 5.39. The summed E-state index contributed by atoms with van der Waals surface area (Å²) in [6, 6.07) is 19.0. The SMILES string of the molecule is Cc1cc(CCCCc2ccccc2)ccc1C#N. The molecule has 0 saturated heterocycles. The third-order valence-corrected chi connectivity index (χ3v) is 3.43. The van der Waals surface area contributed by atoms with Gasteiger partial charge in [0.05, 0.1) is 11.6 Å². The summed E-state index contributed by atoms with van der Waals surface area (Å²) in [4.78, 5) is 0. The molecule has 0 unspecified atom stereocenters. The molecule has 0 saturated carbocycles. The van der Waals surface area contributed by atoms with Crippen LogP contribution in [0.3, 0.4) is 0 Å². The van der Waals surface area contributed by atoms with Crippen LogP contribution in [0.2, 0.25) is 0 Å². The van der Waals surface area contributed by atoms with Gasteiger partial charge in [0.2, 0.25) is 0 Å². The van der Waals surface area contributed by atoms with Crippen LogP contribution in [0.15, 0.2) is 48.5 Å². The zero-order chi connectivity index (χ0) is 13.5. The summed E-state index contributed by atoms with van der Waals surface area (Å²) in [6.45, 7) is 2.01. The van der Waals surface area contributed by atoms with Crippen LogP contribution in [0.4, 0.5) is 0 Å². The Bertz CT molecular complexity index is 564. The monoisotopic (exact) mass is 249 g/mol. The Morgan fingerprint density at radius 2 is 1.58 bits per heavy atom. The van der Waals surface area contributed by atoms with Crippen LogP contribution in [-0.4, -0.2) is 0 Å². The average molecular weight is 249 g/mol. The summed E-state index contributed by atoms with van der Waals surface area (Å²) in [5.74, 6) is 0. The lowest BCUT2D eigenvalue weighted by Gasteiger charge is -2.04. The first-order chi connectivity index (χ1) is 9.29. The van der Waals surface area contributed by atoms with Gasteiger partial charge in [-0.25, -0.2) is 0 Å². The van der Waals surface area contributed by atoms with E-state index in [1.54, 1.807) is 0 Å². The first kappa shape index (κ1) is 13.4. The highest BCUT2D eigenvalue weighted by atomic mass is 14.2. The van der Waals surface area contributed by atoms with Crippen molar-refractivity contribution in [3.63, 3.8) is 0 Å². The van der Waals surface area contributed by atoms with Crippen molar-refractivity contribution in [3.8, 4) is 6.07 Å². The molecule has 0 heterocycles. The molecule has 0 aliphatic carbocycles. The molecule has 2 aromatic carbocycles. The normalized spacial score (nSPS) is 10.1. The molecule has 2 aromatic rings. The lowest BCUT2D eigenvalue weighted by Crippen LogP contribution is -1.91. The number of benzene rings is 2. The molecular weight excluding hydrogens is 230 g/mol. The molecular formula is C18H19N. The lowest BCUT2D eigenvalue weighted by molar-refractivity contribution is 0.734. The first-order valence-electron chi connectivity index (χ1n) is 6.83. The highest BCUT2D eigenvalue weighted by Gasteiger charge is 1.99. The number of rotatable bonds is 5. The molecule has 1 nitrogen and oxygen atoms in total. The van der Waals surface area contributed by atoms with Crippen LogP contribution in [0.1, 0.15) is 35.1 Å². The molecule has 0 N–H and O–H groups in total. The van der Waals surface area contributed by atoms with Gasteiger partial charge in [0.15, 0.2) is 0 Å². The zero-order valence-corrected chi connectivity index (χ0v) is 11.4. The second-order valence-electron chi connectivity index (χ2n) is 4.95. The Kier molecular flexibility index (Phi) is 4.75. The maximum Gasteiger partial charge on any atom is 0.0994 e. The topological polar surface area (TPSA) is 23.8 Å². The fourth-order valence-electron chi connectivity index (χ4n) is 2.31. The van der Waals surface area contributed by atoms with E-state index in [4.69, 9.17) is 5.26 Å². The maximum absolute atomic E-state index is 8.90. The number of hydrogen-bond donors (Lipinski definition) is 0. The van der Waals surface area contributed by atoms with Crippen molar-refractivity contribution in [2.45, 2.75) is 32.6 Å². The fourth-order valence-corrected chi connectivity index (χ4v) is 2.31. The molecule has 96 valence electrons. The molecule has 0 amide bonds. The summed E-state index contributed by atoms with van der Waals surface area (Å²) >= 11 is 0. The van der Waals surface area contributed by atoms with Crippen molar-refractivity contribution >= 4 is 0 Å². The highest BCUT2D eigenvalue weighted by Crippen LogP contribution is 2.13. The van der Waals surface area contributed by atoms with Gasteiger partial charge in [0.25, 0.3) is 0 Å². The van der Waals surface area contributed by atoms with Gasteiger partial charge in [0, 0.05) is 0 Å². The average Bonchev–Trinajstić information content (AvgIpc) is 2.45. The molecule has 0 fully saturated rings. The van der Waals surface area contributed by atoms with Gasteiger partial charge in [-0.15, -0.1) is 0 Å². The number of hydrogen-bond acceptors (Lipinski definition) is 1. The summed E-state index contributed by atoms with van der Waals surface area (Å²) < 4.78 is 0. The van der Waals surface area contributed by atoms with Crippen LogP contribution in [0, 0.1) is 18.3 Å². The zero-order valence-electron chi connectivity index (χ0n) is 11.4. The van der Waals surface area contributed by atoms with Gasteiger partial charge in [-0.1, -0.05) is 42.5 Å². The third kappa shape index (κ3) is 3.96. The fraction of sp³-hybridized carbons (Fsp3) is 0.278. The predicted octanol–water partition coefficient (Wildman–Crippen LogP) is 4.43. The Morgan fingerprint density at radius 1 is 0.895 bits per heavy atom. The third-order valence-electron chi connectivity index (χ3n) is 3.43. The number of unbranched alkanes of at least 4 members (excludes halogenated alkanes) is 1. The summed E-state index contributed by atoms with van der Waals surface area (Å²) in [7, 11) is 0. The molecule has 0 aromatic heterocycles. The van der Waals surface area contributed by atoms with E-state index in [1.807, 2.05) is 13.0 Å². The molecule has 0 spiro atoms. The number of nitrogens with zero attached hydrogens (tertiary/aromatic N) is 1. The number of aryl methyl sites for hydroxylation is 3. The summed E-state index contributed by atoms with van der Waals surface area (Å²) in [6.07, 6.45) is 4.65. The predicted molar refractivity (Wildman–Crippen MR) is 79.0 cm³/mol. The second kappa shape index (κ2) is 6.75. The molecule has 0 radical (unpaired) electrons. The van der Waals surface area contributed by atoms with E-state index in [2.05, 4.69) is 48.5 Å². The summed E-state index contributed by atoms with van der Waals surface area (Å²) in [5.41, 5.74) is 4.62. The molecule has 2 rings (SSSR count). The summed E-state index contributed by atoms with van der Waals surface area (Å²) in [5, 5.41) is 8.90. The van der Waals surface area contributed by atoms with Crippen molar-refractivity contribution in [1.29, 1.82) is 5.26 Å². The Balaban J connectivity index is 1.80. The van der Waals surface area contributed by atoms with Crippen molar-refractivity contribution in [1.82, 2.24) is 0 Å². The molecule has 0 atom stereocenters. The van der Waals surface area contributed by atoms with Crippen LogP contribution in [0.5, 0.6) is 0 Å². The molecule has 0 aliphatic heterocycles. The van der Waals surface area contributed by atoms with E-state index in [9.17, 15) is 0 Å². The molecule has 19 heavy (non-hydrogen) atoms. The van der Waals surface area contributed by atoms with E-state index in [0.717, 1.165) is 24.0 Å². The minimum absolute atomic E-state index is 0.785. The van der Waals surface area contributed by atoms with E-state index in [1.165, 1.54) is 24.0 Å². The van der Waals surface area contributed by atoms with Crippen molar-refractivity contribution in [2.24, 2.45) is 0 Å². The van der Waals surface area contributed by atoms with Crippen molar-refractivity contribution in [2.75, 3.05) is 0 Å². The van der Waals surface area contributed by atoms with Gasteiger partial charge >= 0.3 is 0 Å². The standard InChI is InChI=1S/C18H19N/c1-15-13-17(11-12-18(15)14-19)10-6-5-9-16-7-3-2-4-8-16/h2-4,7-8,11-13H,5-6,9-10H2,1H3. The molecule has 0 bridgehead atoms. The minimum atomic E-state index is 0.785. The number of nitriles is 1. The van der Waals surface area contributed by atoms with Gasteiger partial charge in [-0.3, -0.25) is 0 Å². The Morgan fingerprint density at radius 3 is 2.21 bits per heavy atom. The first-order valence-corrected chi connectivity index (χ1v) is 6.83. The van der Waals surface area contributed by atoms with Gasteiger partial charge in [-0.2, -0.15) is 5.26 Å². The van der Waals surface area contributed by atoms with Gasteiger partial charge < -0.3 is 0 Å². The van der Waals surface area contributed by atoms with Gasteiger partial charge in [0.1, 0.15) is 0 Å². The van der Waals surface area contributed by atoms with Crippen molar-refractivity contribution in [3.05, 3.63) is 70.8 Å². The van der Waals surface area contributed by atoms with E-state index < -0.39 is 0 Å². The Labute approximate surface area is 115 Å². The second-order valence-corrected chi connectivity index (χ2v) is 4.95. The van der Waals surface area contributed by atoms with Gasteiger partial charge in [-0.05, 0) is 55.4 Å². The lowest BCUT2D eigenvalue weighted by atomic mass is 10.0.